The molecule has 0 aliphatic carbocycles. The number of hydrogen-bond acceptors (Lipinski definition) is 6. The molecule has 0 radical (unpaired) electrons. The fourth-order valence-corrected chi connectivity index (χ4v) is 4.69. The molecule has 3 aromatic carbocycles. The van der Waals surface area contributed by atoms with E-state index in [-0.39, 0.29) is 38.2 Å². The summed E-state index contributed by atoms with van der Waals surface area (Å²) in [5, 5.41) is 18.9. The van der Waals surface area contributed by atoms with Gasteiger partial charge in [0, 0.05) is 25.8 Å². The lowest BCUT2D eigenvalue weighted by atomic mass is 9.97. The van der Waals surface area contributed by atoms with E-state index in [1.165, 1.54) is 0 Å². The molecule has 0 aliphatic heterocycles. The van der Waals surface area contributed by atoms with Crippen LogP contribution in [0.3, 0.4) is 0 Å². The van der Waals surface area contributed by atoms with Crippen molar-refractivity contribution in [2.24, 2.45) is 16.5 Å². The average Bonchev–Trinajstić information content (AvgIpc) is 3.01. The Bertz CT molecular complexity index is 1470. The first kappa shape index (κ1) is 33.2. The first-order valence-electron chi connectivity index (χ1n) is 14.3. The summed E-state index contributed by atoms with van der Waals surface area (Å²) in [5.41, 5.74) is 12.2. The minimum absolute atomic E-state index is 0.0744. The van der Waals surface area contributed by atoms with E-state index >= 15 is 0 Å². The van der Waals surface area contributed by atoms with Crippen LogP contribution in [0.2, 0.25) is 0 Å². The highest BCUT2D eigenvalue weighted by Gasteiger charge is 2.29. The quantitative estimate of drug-likeness (QED) is 0.0571. The average molecular weight is 603 g/mol. The molecule has 8 N–H and O–H groups in total. The van der Waals surface area contributed by atoms with Crippen LogP contribution in [0.4, 0.5) is 0 Å². The molecule has 0 saturated carbocycles. The van der Waals surface area contributed by atoms with Gasteiger partial charge in [0.2, 0.25) is 17.7 Å². The number of nitrogens with two attached hydrogens (primary N) is 2. The Balaban J connectivity index is 1.86. The molecule has 3 aromatic rings. The van der Waals surface area contributed by atoms with Crippen LogP contribution in [0, 0.1) is 0 Å². The number of aldehydes is 1. The molecule has 0 unspecified atom stereocenters. The molecule has 0 heterocycles. The summed E-state index contributed by atoms with van der Waals surface area (Å²) in [6, 6.07) is 19.2. The molecule has 232 valence electrons. The number of carboxylic acids is 1. The summed E-state index contributed by atoms with van der Waals surface area (Å²) in [7, 11) is 0. The lowest BCUT2D eigenvalue weighted by molar-refractivity contribution is -0.139. The number of carboxylic acid groups (broad SMARTS) is 1. The Morgan fingerprint density at radius 2 is 1.45 bits per heavy atom. The molecule has 0 spiro atoms. The number of nitrogens with one attached hydrogen (secondary N) is 3. The number of carbonyl (C=O) groups excluding carboxylic acids is 4. The van der Waals surface area contributed by atoms with Gasteiger partial charge in [0.25, 0.3) is 0 Å². The Kier molecular flexibility index (Phi) is 12.8. The predicted molar refractivity (Wildman–Crippen MR) is 166 cm³/mol. The number of benzene rings is 3. The van der Waals surface area contributed by atoms with Gasteiger partial charge in [-0.15, -0.1) is 0 Å². The van der Waals surface area contributed by atoms with Gasteiger partial charge in [0.1, 0.15) is 18.4 Å². The molecule has 0 aliphatic rings. The number of aliphatic imine (C=N–C) groups is 1. The zero-order valence-corrected chi connectivity index (χ0v) is 24.3. The van der Waals surface area contributed by atoms with Crippen LogP contribution in [0.5, 0.6) is 0 Å². The monoisotopic (exact) mass is 602 g/mol. The first-order valence-corrected chi connectivity index (χ1v) is 14.3. The van der Waals surface area contributed by atoms with Crippen molar-refractivity contribution in [1.29, 1.82) is 0 Å². The lowest BCUT2D eigenvalue weighted by Crippen LogP contribution is -2.56. The maximum absolute atomic E-state index is 13.7. The molecule has 0 bridgehead atoms. The summed E-state index contributed by atoms with van der Waals surface area (Å²) >= 11 is 0. The second kappa shape index (κ2) is 17.0. The highest BCUT2D eigenvalue weighted by molar-refractivity contribution is 5.94. The molecular formula is C32H38N6O6. The van der Waals surface area contributed by atoms with Crippen molar-refractivity contribution in [1.82, 2.24) is 16.0 Å². The number of amides is 3. The van der Waals surface area contributed by atoms with Crippen LogP contribution in [0.25, 0.3) is 10.8 Å². The highest BCUT2D eigenvalue weighted by Crippen LogP contribution is 2.20. The van der Waals surface area contributed by atoms with Gasteiger partial charge < -0.3 is 37.3 Å². The molecule has 3 atom stereocenters. The Labute approximate surface area is 255 Å². The van der Waals surface area contributed by atoms with E-state index in [9.17, 15) is 24.0 Å². The smallest absolute Gasteiger partial charge is 0.303 e. The van der Waals surface area contributed by atoms with Gasteiger partial charge in [0.15, 0.2) is 5.96 Å². The zero-order valence-electron chi connectivity index (χ0n) is 24.3. The van der Waals surface area contributed by atoms with E-state index in [0.717, 1.165) is 21.9 Å². The number of carbonyl (C=O) groups is 5. The fourth-order valence-electron chi connectivity index (χ4n) is 4.69. The van der Waals surface area contributed by atoms with Gasteiger partial charge >= 0.3 is 5.97 Å². The second-order valence-corrected chi connectivity index (χ2v) is 10.3. The number of guanidine groups is 1. The van der Waals surface area contributed by atoms with Crippen LogP contribution < -0.4 is 27.4 Å². The first-order chi connectivity index (χ1) is 21.2. The van der Waals surface area contributed by atoms with Crippen molar-refractivity contribution in [3.8, 4) is 0 Å². The Hall–Kier alpha value is -5.26. The number of aliphatic carboxylic acids is 1. The molecule has 44 heavy (non-hydrogen) atoms. The third-order valence-corrected chi connectivity index (χ3v) is 6.90. The van der Waals surface area contributed by atoms with E-state index in [1.807, 2.05) is 48.5 Å². The third-order valence-electron chi connectivity index (χ3n) is 6.90. The fraction of sp³-hybridized carbons (Fsp3) is 0.312. The maximum atomic E-state index is 13.7. The highest BCUT2D eigenvalue weighted by atomic mass is 16.4. The molecule has 3 rings (SSSR count). The summed E-state index contributed by atoms with van der Waals surface area (Å²) in [5.74, 6) is -3.04. The largest absolute Gasteiger partial charge is 0.481 e. The van der Waals surface area contributed by atoms with E-state index in [0.29, 0.717) is 12.7 Å². The molecule has 12 heteroatoms. The molecule has 0 saturated heterocycles. The minimum atomic E-state index is -1.14. The molecule has 12 nitrogen and oxygen atoms in total. The van der Waals surface area contributed by atoms with E-state index < -0.39 is 48.2 Å². The Morgan fingerprint density at radius 1 is 0.795 bits per heavy atom. The van der Waals surface area contributed by atoms with Gasteiger partial charge in [-0.2, -0.15) is 0 Å². The van der Waals surface area contributed by atoms with Crippen molar-refractivity contribution in [2.45, 2.75) is 56.7 Å². The van der Waals surface area contributed by atoms with Crippen molar-refractivity contribution in [3.63, 3.8) is 0 Å². The predicted octanol–water partition coefficient (Wildman–Crippen LogP) is 1.20. The van der Waals surface area contributed by atoms with Gasteiger partial charge in [-0.1, -0.05) is 72.8 Å². The summed E-state index contributed by atoms with van der Waals surface area (Å²) in [6.45, 7) is 0.279. The van der Waals surface area contributed by atoms with Gasteiger partial charge in [-0.25, -0.2) is 0 Å². The normalized spacial score (nSPS) is 12.7. The summed E-state index contributed by atoms with van der Waals surface area (Å²) in [4.78, 5) is 66.5. The minimum Gasteiger partial charge on any atom is -0.481 e. The van der Waals surface area contributed by atoms with E-state index in [4.69, 9.17) is 16.6 Å². The van der Waals surface area contributed by atoms with Crippen molar-refractivity contribution in [2.75, 3.05) is 6.54 Å². The van der Waals surface area contributed by atoms with Crippen LogP contribution >= 0.6 is 0 Å². The number of hydrogen-bond donors (Lipinski definition) is 6. The SMILES string of the molecule is NC(N)=NCCC[C@@H](C=O)NC(=O)[C@H](Cc1cccc2ccccc12)NC(=O)[C@@H](Cc1ccccc1)NC(=O)CCC(=O)O. The standard InChI is InChI=1S/C32H38N6O6/c33-32(34)35-17-7-13-24(20-39)36-30(43)27(19-23-12-6-11-22-10-4-5-14-25(22)23)38-31(44)26(18-21-8-2-1-3-9-21)37-28(40)15-16-29(41)42/h1-6,8-12,14,20,24,26-27H,7,13,15-19H2,(H,36,43)(H,37,40)(H,38,44)(H,41,42)(H4,33,34,35)/t24-,26+,27-/m0/s1. The van der Waals surface area contributed by atoms with Crippen molar-refractivity contribution in [3.05, 3.63) is 83.9 Å². The van der Waals surface area contributed by atoms with Gasteiger partial charge in [-0.05, 0) is 34.7 Å². The van der Waals surface area contributed by atoms with Crippen LogP contribution in [-0.4, -0.2) is 65.7 Å². The third kappa shape index (κ3) is 10.9. The number of rotatable bonds is 17. The number of nitrogens with zero attached hydrogens (tertiary/aromatic N) is 1. The van der Waals surface area contributed by atoms with E-state index in [2.05, 4.69) is 20.9 Å². The van der Waals surface area contributed by atoms with Crippen molar-refractivity contribution >= 4 is 46.7 Å². The summed E-state index contributed by atoms with van der Waals surface area (Å²) in [6.07, 6.45) is 0.827. The zero-order chi connectivity index (χ0) is 31.9. The molecule has 0 fully saturated rings. The van der Waals surface area contributed by atoms with Gasteiger partial charge in [-0.3, -0.25) is 24.2 Å². The Morgan fingerprint density at radius 3 is 2.16 bits per heavy atom. The molecule has 0 aromatic heterocycles. The maximum Gasteiger partial charge on any atom is 0.303 e. The van der Waals surface area contributed by atoms with Crippen LogP contribution in [0.1, 0.15) is 36.8 Å². The lowest BCUT2D eigenvalue weighted by Gasteiger charge is -2.25. The summed E-state index contributed by atoms with van der Waals surface area (Å²) < 4.78 is 0. The second-order valence-electron chi connectivity index (χ2n) is 10.3. The van der Waals surface area contributed by atoms with Crippen molar-refractivity contribution < 1.29 is 29.1 Å². The van der Waals surface area contributed by atoms with Crippen LogP contribution in [0.15, 0.2) is 77.8 Å². The molecular weight excluding hydrogens is 564 g/mol. The van der Waals surface area contributed by atoms with E-state index in [1.54, 1.807) is 24.3 Å². The van der Waals surface area contributed by atoms with Gasteiger partial charge in [0.05, 0.1) is 12.5 Å². The topological polar surface area (TPSA) is 206 Å². The van der Waals surface area contributed by atoms with Crippen LogP contribution in [-0.2, 0) is 36.8 Å². The molecule has 3 amide bonds. The number of fused-ring (bicyclic) bond motifs is 1.